The monoisotopic (exact) mass is 238 g/mol. The van der Waals surface area contributed by atoms with Crippen LogP contribution in [-0.2, 0) is 4.74 Å². The second-order valence-corrected chi connectivity index (χ2v) is 6.75. The van der Waals surface area contributed by atoms with Crippen molar-refractivity contribution in [2.24, 2.45) is 0 Å². The molecule has 2 aliphatic heterocycles. The molecule has 2 rings (SSSR count). The van der Waals surface area contributed by atoms with Crippen molar-refractivity contribution in [2.75, 3.05) is 32.7 Å². The summed E-state index contributed by atoms with van der Waals surface area (Å²) in [6.45, 7) is 16.3. The van der Waals surface area contributed by atoms with E-state index in [9.17, 15) is 0 Å². The Balaban J connectivity index is 2.01. The van der Waals surface area contributed by atoms with E-state index in [0.717, 1.165) is 32.7 Å². The van der Waals surface area contributed by atoms with Crippen molar-refractivity contribution in [3.63, 3.8) is 0 Å². The molecule has 2 saturated heterocycles. The van der Waals surface area contributed by atoms with Crippen LogP contribution in [0.2, 0.25) is 0 Å². The number of nitrogens with zero attached hydrogens (tertiary/aromatic N) is 1. The van der Waals surface area contributed by atoms with E-state index in [0.29, 0.717) is 0 Å². The van der Waals surface area contributed by atoms with Gasteiger partial charge in [0.25, 0.3) is 0 Å². The van der Waals surface area contributed by atoms with E-state index in [-0.39, 0.29) is 11.2 Å². The quantitative estimate of drug-likeness (QED) is 0.742. The largest absolute Gasteiger partial charge is 0.367 e. The number of nitrogens with one attached hydrogen (secondary N) is 1. The van der Waals surface area contributed by atoms with Crippen LogP contribution in [0.1, 0.15) is 34.6 Å². The third-order valence-corrected chi connectivity index (χ3v) is 3.50. The predicted molar refractivity (Wildman–Crippen MR) is 71.3 cm³/mol. The van der Waals surface area contributed by atoms with Gasteiger partial charge in [0, 0.05) is 32.7 Å². The average Bonchev–Trinajstić information content (AvgIpc) is 1.91. The summed E-state index contributed by atoms with van der Waals surface area (Å²) in [7, 11) is 0. The van der Waals surface area contributed by atoms with Crippen LogP contribution in [0.3, 0.4) is 0 Å². The Morgan fingerprint density at radius 2 is 1.71 bits per heavy atom. The number of hydrogen-bond donors (Lipinski definition) is 1. The zero-order chi connectivity index (χ0) is 12.7. The molecule has 0 unspecified atom stereocenters. The predicted octanol–water partition coefficient (Wildman–Crippen LogP) is 1.80. The summed E-state index contributed by atoms with van der Waals surface area (Å²) < 4.78 is 6.10. The highest BCUT2D eigenvalue weighted by Gasteiger charge is 2.38. The lowest BCUT2D eigenvalue weighted by molar-refractivity contribution is -0.178. The molecular weight excluding hydrogens is 212 g/mol. The van der Waals surface area contributed by atoms with E-state index in [2.05, 4.69) is 44.8 Å². The van der Waals surface area contributed by atoms with E-state index in [1.165, 1.54) is 5.57 Å². The summed E-state index contributed by atoms with van der Waals surface area (Å²) in [4.78, 5) is 2.53. The van der Waals surface area contributed by atoms with E-state index < -0.39 is 0 Å². The smallest absolute Gasteiger partial charge is 0.0760 e. The van der Waals surface area contributed by atoms with Gasteiger partial charge >= 0.3 is 0 Å². The van der Waals surface area contributed by atoms with Gasteiger partial charge in [0.15, 0.2) is 0 Å². The molecule has 0 aromatic heterocycles. The van der Waals surface area contributed by atoms with Crippen LogP contribution in [0.25, 0.3) is 0 Å². The first-order valence-corrected chi connectivity index (χ1v) is 6.58. The van der Waals surface area contributed by atoms with Crippen molar-refractivity contribution in [1.82, 2.24) is 10.2 Å². The molecular formula is C14H26N2O. The van der Waals surface area contributed by atoms with Crippen molar-refractivity contribution in [1.29, 1.82) is 0 Å². The van der Waals surface area contributed by atoms with Gasteiger partial charge in [-0.2, -0.15) is 0 Å². The minimum Gasteiger partial charge on any atom is -0.367 e. The first-order chi connectivity index (χ1) is 7.77. The fraction of sp³-hybridized carbons (Fsp3) is 0.857. The zero-order valence-electron chi connectivity index (χ0n) is 11.9. The molecule has 17 heavy (non-hydrogen) atoms. The fourth-order valence-electron chi connectivity index (χ4n) is 3.06. The normalized spacial score (nSPS) is 27.7. The lowest BCUT2D eigenvalue weighted by atomic mass is 9.97. The van der Waals surface area contributed by atoms with Crippen LogP contribution in [0.4, 0.5) is 0 Å². The van der Waals surface area contributed by atoms with Crippen molar-refractivity contribution >= 4 is 0 Å². The maximum Gasteiger partial charge on any atom is 0.0760 e. The van der Waals surface area contributed by atoms with Crippen molar-refractivity contribution in [2.45, 2.75) is 45.8 Å². The minimum atomic E-state index is -0.0371. The Hall–Kier alpha value is -0.380. The highest BCUT2D eigenvalue weighted by Crippen LogP contribution is 2.28. The van der Waals surface area contributed by atoms with Gasteiger partial charge in [-0.25, -0.2) is 0 Å². The molecule has 0 aliphatic carbocycles. The molecule has 0 aromatic rings. The highest BCUT2D eigenvalue weighted by atomic mass is 16.5. The molecule has 0 aromatic carbocycles. The summed E-state index contributed by atoms with van der Waals surface area (Å²) in [5.74, 6) is 0. The molecule has 2 heterocycles. The summed E-state index contributed by atoms with van der Waals surface area (Å²) in [5, 5.41) is 3.31. The van der Waals surface area contributed by atoms with Crippen LogP contribution in [0.15, 0.2) is 11.1 Å². The van der Waals surface area contributed by atoms with Crippen LogP contribution in [-0.4, -0.2) is 48.8 Å². The van der Waals surface area contributed by atoms with Gasteiger partial charge in [-0.05, 0) is 40.2 Å². The summed E-state index contributed by atoms with van der Waals surface area (Å²) >= 11 is 0. The average molecular weight is 238 g/mol. The molecule has 0 spiro atoms. The topological polar surface area (TPSA) is 24.5 Å². The van der Waals surface area contributed by atoms with Gasteiger partial charge in [0.1, 0.15) is 0 Å². The third-order valence-electron chi connectivity index (χ3n) is 3.50. The molecule has 3 heteroatoms. The molecule has 98 valence electrons. The number of ether oxygens (including phenoxy) is 1. The Kier molecular flexibility index (Phi) is 3.36. The lowest BCUT2D eigenvalue weighted by Crippen LogP contribution is -2.57. The second-order valence-electron chi connectivity index (χ2n) is 6.75. The van der Waals surface area contributed by atoms with Crippen LogP contribution >= 0.6 is 0 Å². The zero-order valence-corrected chi connectivity index (χ0v) is 11.9. The van der Waals surface area contributed by atoms with Crippen molar-refractivity contribution in [3.05, 3.63) is 11.1 Å². The van der Waals surface area contributed by atoms with Gasteiger partial charge in [-0.3, -0.25) is 4.90 Å². The summed E-state index contributed by atoms with van der Waals surface area (Å²) in [6.07, 6.45) is 0. The molecule has 0 bridgehead atoms. The molecule has 0 radical (unpaired) electrons. The van der Waals surface area contributed by atoms with Gasteiger partial charge in [-0.15, -0.1) is 0 Å². The summed E-state index contributed by atoms with van der Waals surface area (Å²) in [5.41, 5.74) is 3.05. The molecule has 0 saturated carbocycles. The Labute approximate surface area is 105 Å². The first-order valence-electron chi connectivity index (χ1n) is 6.58. The van der Waals surface area contributed by atoms with Crippen molar-refractivity contribution < 1.29 is 4.74 Å². The number of hydrogen-bond acceptors (Lipinski definition) is 3. The maximum atomic E-state index is 6.10. The summed E-state index contributed by atoms with van der Waals surface area (Å²) in [6, 6.07) is 0. The van der Waals surface area contributed by atoms with Crippen molar-refractivity contribution in [3.8, 4) is 0 Å². The van der Waals surface area contributed by atoms with E-state index >= 15 is 0 Å². The van der Waals surface area contributed by atoms with Gasteiger partial charge in [0.05, 0.1) is 11.2 Å². The molecule has 2 fully saturated rings. The molecule has 0 amide bonds. The number of morpholine rings is 1. The third kappa shape index (κ3) is 3.30. The van der Waals surface area contributed by atoms with Gasteiger partial charge < -0.3 is 10.1 Å². The standard InChI is InChI=1S/C14H26N2O/c1-11(12-6-15-7-12)8-16-9-13(2,3)17-14(4,5)10-16/h15H,6-10H2,1-5H3. The van der Waals surface area contributed by atoms with Crippen LogP contribution in [0, 0.1) is 0 Å². The molecule has 3 nitrogen and oxygen atoms in total. The van der Waals surface area contributed by atoms with E-state index in [1.54, 1.807) is 5.57 Å². The molecule has 2 aliphatic rings. The van der Waals surface area contributed by atoms with Gasteiger partial charge in [0.2, 0.25) is 0 Å². The Morgan fingerprint density at radius 3 is 2.12 bits per heavy atom. The number of rotatable bonds is 2. The Bertz CT molecular complexity index is 309. The Morgan fingerprint density at radius 1 is 1.18 bits per heavy atom. The maximum absolute atomic E-state index is 6.10. The minimum absolute atomic E-state index is 0.0371. The SMILES string of the molecule is CC(CN1CC(C)(C)OC(C)(C)C1)=C1CNC1. The molecule has 0 atom stereocenters. The first kappa shape index (κ1) is 13.1. The highest BCUT2D eigenvalue weighted by molar-refractivity contribution is 5.22. The molecule has 1 N–H and O–H groups in total. The van der Waals surface area contributed by atoms with Crippen LogP contribution < -0.4 is 5.32 Å². The van der Waals surface area contributed by atoms with Gasteiger partial charge in [-0.1, -0.05) is 5.57 Å². The van der Waals surface area contributed by atoms with Crippen LogP contribution in [0.5, 0.6) is 0 Å². The lowest BCUT2D eigenvalue weighted by Gasteiger charge is -2.47. The fourth-order valence-corrected chi connectivity index (χ4v) is 3.06. The van der Waals surface area contributed by atoms with E-state index in [1.807, 2.05) is 0 Å². The van der Waals surface area contributed by atoms with E-state index in [4.69, 9.17) is 4.74 Å². The second kappa shape index (κ2) is 4.38.